The molecule has 2 heterocycles. The van der Waals surface area contributed by atoms with Crippen LogP contribution >= 0.6 is 0 Å². The van der Waals surface area contributed by atoms with Gasteiger partial charge in [-0.05, 0) is 61.1 Å². The SMILES string of the molecule is C[C@H]1CC(=Cc2ccco2)c2nc3ccccc3c(C(=O)O[C@@H](C)C#N)c2C1. The Morgan fingerprint density at radius 3 is 2.89 bits per heavy atom. The van der Waals surface area contributed by atoms with Crippen LogP contribution < -0.4 is 0 Å². The smallest absolute Gasteiger partial charge is 0.340 e. The summed E-state index contributed by atoms with van der Waals surface area (Å²) in [7, 11) is 0. The summed E-state index contributed by atoms with van der Waals surface area (Å²) < 4.78 is 10.9. The molecule has 0 spiro atoms. The molecule has 0 saturated heterocycles. The van der Waals surface area contributed by atoms with Gasteiger partial charge in [0.25, 0.3) is 0 Å². The van der Waals surface area contributed by atoms with Gasteiger partial charge in [0.15, 0.2) is 6.10 Å². The highest BCUT2D eigenvalue weighted by molar-refractivity contribution is 6.06. The molecule has 5 heteroatoms. The number of benzene rings is 1. The number of nitriles is 1. The summed E-state index contributed by atoms with van der Waals surface area (Å²) in [5.41, 5.74) is 3.98. The lowest BCUT2D eigenvalue weighted by atomic mass is 9.81. The lowest BCUT2D eigenvalue weighted by Crippen LogP contribution is -2.21. The molecular weight excluding hydrogens is 352 g/mol. The van der Waals surface area contributed by atoms with Crippen molar-refractivity contribution in [2.24, 2.45) is 5.92 Å². The van der Waals surface area contributed by atoms with Crippen LogP contribution in [0.15, 0.2) is 47.1 Å². The molecule has 0 amide bonds. The second-order valence-electron chi connectivity index (χ2n) is 7.21. The van der Waals surface area contributed by atoms with Crippen LogP contribution in [0.1, 0.15) is 47.6 Å². The Morgan fingerprint density at radius 1 is 1.32 bits per heavy atom. The topological polar surface area (TPSA) is 76.1 Å². The van der Waals surface area contributed by atoms with Crippen LogP contribution in [0, 0.1) is 17.2 Å². The van der Waals surface area contributed by atoms with Gasteiger partial charge in [-0.3, -0.25) is 0 Å². The largest absolute Gasteiger partial charge is 0.465 e. The fourth-order valence-corrected chi connectivity index (χ4v) is 3.76. The van der Waals surface area contributed by atoms with E-state index < -0.39 is 12.1 Å². The van der Waals surface area contributed by atoms with Crippen molar-refractivity contribution in [3.63, 3.8) is 0 Å². The number of allylic oxidation sites excluding steroid dienone is 1. The van der Waals surface area contributed by atoms with Gasteiger partial charge in [-0.2, -0.15) is 5.26 Å². The van der Waals surface area contributed by atoms with E-state index in [1.54, 1.807) is 13.2 Å². The van der Waals surface area contributed by atoms with Gasteiger partial charge < -0.3 is 9.15 Å². The van der Waals surface area contributed by atoms with Gasteiger partial charge in [-0.25, -0.2) is 9.78 Å². The molecule has 4 rings (SSSR count). The average Bonchev–Trinajstić information content (AvgIpc) is 3.19. The van der Waals surface area contributed by atoms with Gasteiger partial charge in [0.1, 0.15) is 11.8 Å². The van der Waals surface area contributed by atoms with Crippen molar-refractivity contribution in [1.82, 2.24) is 4.98 Å². The number of esters is 1. The molecule has 1 aliphatic rings. The molecule has 2 atom stereocenters. The molecule has 0 bridgehead atoms. The van der Waals surface area contributed by atoms with Crippen LogP contribution in [0.25, 0.3) is 22.6 Å². The second-order valence-corrected chi connectivity index (χ2v) is 7.21. The summed E-state index contributed by atoms with van der Waals surface area (Å²) in [6.45, 7) is 3.72. The van der Waals surface area contributed by atoms with Crippen molar-refractivity contribution in [3.8, 4) is 6.07 Å². The molecular formula is C23H20N2O3. The third-order valence-electron chi connectivity index (χ3n) is 4.95. The molecule has 3 aromatic rings. The number of rotatable bonds is 3. The number of aromatic nitrogens is 1. The number of hydrogen-bond donors (Lipinski definition) is 0. The number of hydrogen-bond acceptors (Lipinski definition) is 5. The van der Waals surface area contributed by atoms with Crippen LogP contribution in [0.2, 0.25) is 0 Å². The van der Waals surface area contributed by atoms with Crippen molar-refractivity contribution in [1.29, 1.82) is 5.26 Å². The molecule has 5 nitrogen and oxygen atoms in total. The molecule has 0 aliphatic heterocycles. The van der Waals surface area contributed by atoms with Gasteiger partial charge >= 0.3 is 5.97 Å². The van der Waals surface area contributed by atoms with E-state index in [0.717, 1.165) is 46.3 Å². The number of nitrogens with zero attached hydrogens (tertiary/aromatic N) is 2. The minimum atomic E-state index is -0.811. The van der Waals surface area contributed by atoms with E-state index in [2.05, 4.69) is 6.92 Å². The van der Waals surface area contributed by atoms with E-state index in [0.29, 0.717) is 11.5 Å². The molecule has 0 fully saturated rings. The monoisotopic (exact) mass is 372 g/mol. The molecule has 1 aliphatic carbocycles. The number of carbonyl (C=O) groups excluding carboxylic acids is 1. The van der Waals surface area contributed by atoms with Gasteiger partial charge in [0.05, 0.1) is 23.0 Å². The number of fused-ring (bicyclic) bond motifs is 2. The Labute approximate surface area is 163 Å². The summed E-state index contributed by atoms with van der Waals surface area (Å²) in [5.74, 6) is 0.624. The zero-order valence-corrected chi connectivity index (χ0v) is 15.8. The predicted octanol–water partition coefficient (Wildman–Crippen LogP) is 5.02. The number of carbonyl (C=O) groups is 1. The van der Waals surface area contributed by atoms with Crippen molar-refractivity contribution in [3.05, 3.63) is 65.2 Å². The highest BCUT2D eigenvalue weighted by Gasteiger charge is 2.29. The number of furan rings is 1. The van der Waals surface area contributed by atoms with Crippen LogP contribution in [0.4, 0.5) is 0 Å². The maximum Gasteiger partial charge on any atom is 0.340 e. The lowest BCUT2D eigenvalue weighted by Gasteiger charge is -2.26. The first-order chi connectivity index (χ1) is 13.6. The summed E-state index contributed by atoms with van der Waals surface area (Å²) in [5, 5.41) is 9.80. The van der Waals surface area contributed by atoms with Gasteiger partial charge in [-0.15, -0.1) is 0 Å². The number of ether oxygens (including phenoxy) is 1. The first-order valence-electron chi connectivity index (χ1n) is 9.33. The van der Waals surface area contributed by atoms with E-state index in [4.69, 9.17) is 19.4 Å². The van der Waals surface area contributed by atoms with E-state index in [1.807, 2.05) is 48.5 Å². The van der Waals surface area contributed by atoms with E-state index in [1.165, 1.54) is 0 Å². The zero-order chi connectivity index (χ0) is 19.7. The second kappa shape index (κ2) is 7.32. The fourth-order valence-electron chi connectivity index (χ4n) is 3.76. The Balaban J connectivity index is 1.95. The minimum absolute atomic E-state index is 0.344. The van der Waals surface area contributed by atoms with Crippen molar-refractivity contribution >= 4 is 28.5 Å². The van der Waals surface area contributed by atoms with Gasteiger partial charge in [0.2, 0.25) is 0 Å². The standard InChI is InChI=1S/C23H20N2O3/c1-14-10-16(12-17-6-5-9-27-17)22-19(11-14)21(23(26)28-15(2)13-24)18-7-3-4-8-20(18)25-22/h3-9,12,14-15H,10-11H2,1-2H3/t14-,15-/m0/s1. The highest BCUT2D eigenvalue weighted by Crippen LogP contribution is 2.38. The molecule has 1 aromatic carbocycles. The molecule has 0 radical (unpaired) electrons. The summed E-state index contributed by atoms with van der Waals surface area (Å²) in [6, 6.07) is 13.3. The average molecular weight is 372 g/mol. The third kappa shape index (κ3) is 3.29. The van der Waals surface area contributed by atoms with E-state index in [9.17, 15) is 4.79 Å². The first kappa shape index (κ1) is 18.0. The molecule has 28 heavy (non-hydrogen) atoms. The summed E-state index contributed by atoms with van der Waals surface area (Å²) >= 11 is 0. The molecule has 0 N–H and O–H groups in total. The maximum absolute atomic E-state index is 13.0. The van der Waals surface area contributed by atoms with Crippen LogP contribution in [-0.2, 0) is 11.2 Å². The number of pyridine rings is 1. The van der Waals surface area contributed by atoms with Gasteiger partial charge in [-0.1, -0.05) is 25.1 Å². The Morgan fingerprint density at radius 2 is 2.14 bits per heavy atom. The lowest BCUT2D eigenvalue weighted by molar-refractivity contribution is 0.0436. The van der Waals surface area contributed by atoms with Crippen LogP contribution in [0.5, 0.6) is 0 Å². The highest BCUT2D eigenvalue weighted by atomic mass is 16.5. The van der Waals surface area contributed by atoms with Gasteiger partial charge in [0, 0.05) is 5.39 Å². The fraction of sp³-hybridized carbons (Fsp3) is 0.261. The summed E-state index contributed by atoms with van der Waals surface area (Å²) in [4.78, 5) is 17.9. The Kier molecular flexibility index (Phi) is 4.70. The molecule has 140 valence electrons. The maximum atomic E-state index is 13.0. The van der Waals surface area contributed by atoms with Crippen LogP contribution in [0.3, 0.4) is 0 Å². The molecule has 0 saturated carbocycles. The Hall–Kier alpha value is -3.39. The summed E-state index contributed by atoms with van der Waals surface area (Å²) in [6.07, 6.45) is 4.40. The third-order valence-corrected chi connectivity index (χ3v) is 4.95. The van der Waals surface area contributed by atoms with E-state index in [-0.39, 0.29) is 0 Å². The van der Waals surface area contributed by atoms with Crippen LogP contribution in [-0.4, -0.2) is 17.1 Å². The van der Waals surface area contributed by atoms with Crippen molar-refractivity contribution in [2.75, 3.05) is 0 Å². The normalized spacial score (nSPS) is 18.5. The molecule has 2 aromatic heterocycles. The minimum Gasteiger partial charge on any atom is -0.465 e. The molecule has 0 unspecified atom stereocenters. The quantitative estimate of drug-likeness (QED) is 0.603. The van der Waals surface area contributed by atoms with Crippen molar-refractivity contribution < 1.29 is 13.9 Å². The first-order valence-corrected chi connectivity index (χ1v) is 9.33. The van der Waals surface area contributed by atoms with E-state index >= 15 is 0 Å². The predicted molar refractivity (Wildman–Crippen MR) is 106 cm³/mol. The Bertz CT molecular complexity index is 1110. The number of para-hydroxylation sites is 1. The van der Waals surface area contributed by atoms with Crippen molar-refractivity contribution in [2.45, 2.75) is 32.8 Å². The zero-order valence-electron chi connectivity index (χ0n) is 15.8.